The molecule has 8 heteroatoms. The van der Waals surface area contributed by atoms with E-state index in [-0.39, 0.29) is 0 Å². The molecule has 0 radical (unpaired) electrons. The fraction of sp³-hybridized carbons (Fsp3) is 0.375. The second-order valence-corrected chi connectivity index (χ2v) is 2.91. The third kappa shape index (κ3) is 2.38. The first kappa shape index (κ1) is 12.6. The Balaban J connectivity index is 3.45. The van der Waals surface area contributed by atoms with Crippen molar-refractivity contribution in [1.82, 2.24) is 4.98 Å². The van der Waals surface area contributed by atoms with Crippen LogP contribution < -0.4 is 5.56 Å². The highest BCUT2D eigenvalue weighted by Gasteiger charge is 2.33. The molecule has 1 aromatic heterocycles. The van der Waals surface area contributed by atoms with Crippen LogP contribution in [-0.4, -0.2) is 10.1 Å². The monoisotopic (exact) mass is 243 g/mol. The van der Waals surface area contributed by atoms with Gasteiger partial charge in [-0.25, -0.2) is 8.78 Å². The molecule has 1 heterocycles. The van der Waals surface area contributed by atoms with Gasteiger partial charge in [0.1, 0.15) is 5.69 Å². The van der Waals surface area contributed by atoms with Gasteiger partial charge in [-0.1, -0.05) is 0 Å². The molecule has 0 atom stereocenters. The van der Waals surface area contributed by atoms with Gasteiger partial charge in [0.2, 0.25) is 0 Å². The predicted octanol–water partition coefficient (Wildman–Crippen LogP) is 1.82. The molecular weight excluding hydrogens is 237 g/mol. The van der Waals surface area contributed by atoms with Crippen LogP contribution in [0.2, 0.25) is 0 Å². The first-order chi connectivity index (χ1) is 7.27. The largest absolute Gasteiger partial charge is 0.431 e. The molecule has 90 valence electrons. The van der Waals surface area contributed by atoms with E-state index < -0.39 is 41.6 Å². The summed E-state index contributed by atoms with van der Waals surface area (Å²) in [4.78, 5) is 12.3. The van der Waals surface area contributed by atoms with Crippen molar-refractivity contribution in [2.45, 2.75) is 19.2 Å². The molecule has 0 aromatic carbocycles. The van der Waals surface area contributed by atoms with Gasteiger partial charge in [-0.3, -0.25) is 4.79 Å². The van der Waals surface area contributed by atoms with E-state index >= 15 is 0 Å². The molecule has 3 nitrogen and oxygen atoms in total. The lowest BCUT2D eigenvalue weighted by molar-refractivity contribution is -0.141. The standard InChI is InChI=1S/C8H6F5NO2/c9-6(10)5-3(2-15)1-4(8(11,12)13)14-7(5)16/h1,6,15H,2H2,(H,14,16). The molecule has 0 aliphatic heterocycles. The maximum absolute atomic E-state index is 12.3. The smallest absolute Gasteiger partial charge is 0.392 e. The molecule has 0 aliphatic carbocycles. The molecule has 0 amide bonds. The average Bonchev–Trinajstić information content (AvgIpc) is 2.14. The van der Waals surface area contributed by atoms with Gasteiger partial charge in [0.05, 0.1) is 12.2 Å². The number of hydrogen-bond donors (Lipinski definition) is 2. The molecular formula is C8H6F5NO2. The maximum Gasteiger partial charge on any atom is 0.431 e. The van der Waals surface area contributed by atoms with E-state index in [1.54, 1.807) is 0 Å². The number of hydrogen-bond acceptors (Lipinski definition) is 2. The van der Waals surface area contributed by atoms with E-state index in [2.05, 4.69) is 0 Å². The number of H-pyrrole nitrogens is 1. The number of pyridine rings is 1. The summed E-state index contributed by atoms with van der Waals surface area (Å²) in [7, 11) is 0. The predicted molar refractivity (Wildman–Crippen MR) is 42.9 cm³/mol. The zero-order valence-electron chi connectivity index (χ0n) is 7.61. The van der Waals surface area contributed by atoms with Crippen LogP contribution in [0.3, 0.4) is 0 Å². The van der Waals surface area contributed by atoms with Crippen molar-refractivity contribution >= 4 is 0 Å². The molecule has 0 aliphatic rings. The van der Waals surface area contributed by atoms with Gasteiger partial charge in [-0.05, 0) is 11.6 Å². The fourth-order valence-corrected chi connectivity index (χ4v) is 1.15. The summed E-state index contributed by atoms with van der Waals surface area (Å²) in [5.74, 6) is 0. The molecule has 16 heavy (non-hydrogen) atoms. The number of nitrogens with one attached hydrogen (secondary N) is 1. The molecule has 0 fully saturated rings. The lowest BCUT2D eigenvalue weighted by atomic mass is 10.1. The van der Waals surface area contributed by atoms with Crippen molar-refractivity contribution in [2.75, 3.05) is 0 Å². The Labute approximate surface area is 85.5 Å². The third-order valence-corrected chi connectivity index (χ3v) is 1.85. The van der Waals surface area contributed by atoms with Gasteiger partial charge < -0.3 is 10.1 Å². The first-order valence-electron chi connectivity index (χ1n) is 3.99. The van der Waals surface area contributed by atoms with Crippen LogP contribution in [0.25, 0.3) is 0 Å². The highest BCUT2D eigenvalue weighted by molar-refractivity contribution is 5.28. The highest BCUT2D eigenvalue weighted by atomic mass is 19.4. The Hall–Kier alpha value is -1.44. The summed E-state index contributed by atoms with van der Waals surface area (Å²) in [6, 6.07) is 0.295. The summed E-state index contributed by atoms with van der Waals surface area (Å²) < 4.78 is 61.1. The number of halogens is 5. The van der Waals surface area contributed by atoms with Gasteiger partial charge >= 0.3 is 6.18 Å². The molecule has 1 aromatic rings. The second-order valence-electron chi connectivity index (χ2n) is 2.91. The van der Waals surface area contributed by atoms with E-state index in [1.807, 2.05) is 0 Å². The van der Waals surface area contributed by atoms with Gasteiger partial charge in [-0.2, -0.15) is 13.2 Å². The fourth-order valence-electron chi connectivity index (χ4n) is 1.15. The lowest BCUT2D eigenvalue weighted by Gasteiger charge is -2.10. The topological polar surface area (TPSA) is 53.1 Å². The number of aliphatic hydroxyl groups excluding tert-OH is 1. The third-order valence-electron chi connectivity index (χ3n) is 1.85. The lowest BCUT2D eigenvalue weighted by Crippen LogP contribution is -2.22. The van der Waals surface area contributed by atoms with Gasteiger partial charge in [0, 0.05) is 0 Å². The molecule has 0 unspecified atom stereocenters. The van der Waals surface area contributed by atoms with Crippen LogP contribution in [0.5, 0.6) is 0 Å². The molecule has 0 saturated heterocycles. The summed E-state index contributed by atoms with van der Waals surface area (Å²) in [6.45, 7) is -1.06. The average molecular weight is 243 g/mol. The van der Waals surface area contributed by atoms with Crippen LogP contribution in [0.4, 0.5) is 22.0 Å². The summed E-state index contributed by atoms with van der Waals surface area (Å²) in [6.07, 6.45) is -8.10. The van der Waals surface area contributed by atoms with E-state index in [0.717, 1.165) is 0 Å². The van der Waals surface area contributed by atoms with Gasteiger partial charge in [0.15, 0.2) is 0 Å². The summed E-state index contributed by atoms with van der Waals surface area (Å²) in [5, 5.41) is 8.63. The number of aliphatic hydroxyl groups is 1. The van der Waals surface area contributed by atoms with E-state index in [4.69, 9.17) is 5.11 Å². The summed E-state index contributed by atoms with van der Waals surface area (Å²) >= 11 is 0. The molecule has 0 bridgehead atoms. The zero-order chi connectivity index (χ0) is 12.5. The van der Waals surface area contributed by atoms with Crippen LogP contribution in [0.1, 0.15) is 23.2 Å². The highest BCUT2D eigenvalue weighted by Crippen LogP contribution is 2.29. The van der Waals surface area contributed by atoms with Gasteiger partial charge in [0.25, 0.3) is 12.0 Å². The van der Waals surface area contributed by atoms with Crippen LogP contribution in [0.15, 0.2) is 10.9 Å². The maximum atomic E-state index is 12.3. The Kier molecular flexibility index (Phi) is 3.32. The molecule has 2 N–H and O–H groups in total. The SMILES string of the molecule is O=c1[nH]c(C(F)(F)F)cc(CO)c1C(F)F. The van der Waals surface area contributed by atoms with Crippen molar-refractivity contribution in [3.8, 4) is 0 Å². The Morgan fingerprint density at radius 1 is 1.38 bits per heavy atom. The molecule has 0 saturated carbocycles. The molecule has 1 rings (SSSR count). The number of rotatable bonds is 2. The van der Waals surface area contributed by atoms with Crippen molar-refractivity contribution in [2.24, 2.45) is 0 Å². The van der Waals surface area contributed by atoms with Crippen molar-refractivity contribution in [3.05, 3.63) is 33.2 Å². The first-order valence-corrected chi connectivity index (χ1v) is 3.99. The number of aromatic amines is 1. The molecule has 0 spiro atoms. The van der Waals surface area contributed by atoms with Crippen LogP contribution in [0, 0.1) is 0 Å². The normalized spacial score (nSPS) is 12.2. The Bertz CT molecular complexity index is 437. The Morgan fingerprint density at radius 2 is 1.94 bits per heavy atom. The minimum atomic E-state index is -4.86. The quantitative estimate of drug-likeness (QED) is 0.778. The van der Waals surface area contributed by atoms with E-state index in [1.165, 1.54) is 4.98 Å². The number of aromatic nitrogens is 1. The zero-order valence-corrected chi connectivity index (χ0v) is 7.61. The summed E-state index contributed by atoms with van der Waals surface area (Å²) in [5.41, 5.74) is -4.89. The van der Waals surface area contributed by atoms with Crippen LogP contribution in [-0.2, 0) is 12.8 Å². The number of alkyl halides is 5. The Morgan fingerprint density at radius 3 is 2.31 bits per heavy atom. The van der Waals surface area contributed by atoms with Crippen molar-refractivity contribution in [1.29, 1.82) is 0 Å². The minimum absolute atomic E-state index is 0.295. The minimum Gasteiger partial charge on any atom is -0.392 e. The van der Waals surface area contributed by atoms with Crippen molar-refractivity contribution < 1.29 is 27.1 Å². The van der Waals surface area contributed by atoms with Gasteiger partial charge in [-0.15, -0.1) is 0 Å². The van der Waals surface area contributed by atoms with E-state index in [0.29, 0.717) is 6.07 Å². The van der Waals surface area contributed by atoms with Crippen molar-refractivity contribution in [3.63, 3.8) is 0 Å². The van der Waals surface area contributed by atoms with E-state index in [9.17, 15) is 26.7 Å². The second kappa shape index (κ2) is 4.20. The van der Waals surface area contributed by atoms with Crippen LogP contribution >= 0.6 is 0 Å².